The molecule has 1 unspecified atom stereocenters. The molecule has 138 valence electrons. The Morgan fingerprint density at radius 1 is 1.04 bits per heavy atom. The van der Waals surface area contributed by atoms with E-state index in [0.29, 0.717) is 11.3 Å². The number of carbonyl (C=O) groups excluding carboxylic acids is 2. The van der Waals surface area contributed by atoms with E-state index < -0.39 is 0 Å². The van der Waals surface area contributed by atoms with Crippen molar-refractivity contribution in [3.63, 3.8) is 0 Å². The van der Waals surface area contributed by atoms with Crippen molar-refractivity contribution in [2.75, 3.05) is 18.4 Å². The molecular formula is C21H27N3O2. The highest BCUT2D eigenvalue weighted by Crippen LogP contribution is 2.14. The third-order valence-electron chi connectivity index (χ3n) is 4.05. The van der Waals surface area contributed by atoms with Crippen LogP contribution < -0.4 is 16.0 Å². The molecule has 0 aromatic heterocycles. The van der Waals surface area contributed by atoms with E-state index in [1.54, 1.807) is 24.3 Å². The summed E-state index contributed by atoms with van der Waals surface area (Å²) < 4.78 is 0. The minimum Gasteiger partial charge on any atom is -0.346 e. The number of amides is 2. The minimum absolute atomic E-state index is 0.0929. The fraction of sp³-hybridized carbons (Fsp3) is 0.333. The molecule has 2 aromatic rings. The van der Waals surface area contributed by atoms with E-state index in [2.05, 4.69) is 22.9 Å². The second kappa shape index (κ2) is 10.4. The third-order valence-corrected chi connectivity index (χ3v) is 4.05. The molecule has 0 aliphatic rings. The molecule has 3 N–H and O–H groups in total. The van der Waals surface area contributed by atoms with Crippen LogP contribution in [0.15, 0.2) is 54.6 Å². The fourth-order valence-corrected chi connectivity index (χ4v) is 2.55. The molecule has 0 saturated carbocycles. The zero-order chi connectivity index (χ0) is 18.8. The highest BCUT2D eigenvalue weighted by Gasteiger charge is 2.12. The van der Waals surface area contributed by atoms with Crippen LogP contribution in [0.5, 0.6) is 0 Å². The Hall–Kier alpha value is -2.66. The van der Waals surface area contributed by atoms with E-state index in [9.17, 15) is 9.59 Å². The van der Waals surface area contributed by atoms with Gasteiger partial charge in [0.1, 0.15) is 0 Å². The van der Waals surface area contributed by atoms with Gasteiger partial charge >= 0.3 is 0 Å². The summed E-state index contributed by atoms with van der Waals surface area (Å²) in [6.07, 6.45) is 2.13. The van der Waals surface area contributed by atoms with Crippen molar-refractivity contribution in [3.8, 4) is 0 Å². The summed E-state index contributed by atoms with van der Waals surface area (Å²) in [6.45, 7) is 5.14. The van der Waals surface area contributed by atoms with Crippen molar-refractivity contribution in [2.45, 2.75) is 32.7 Å². The van der Waals surface area contributed by atoms with Gasteiger partial charge in [0, 0.05) is 11.3 Å². The minimum atomic E-state index is -0.168. The molecule has 0 spiro atoms. The molecule has 0 bridgehead atoms. The number of nitrogens with one attached hydrogen (secondary N) is 3. The molecule has 0 fully saturated rings. The number of hydrogen-bond donors (Lipinski definition) is 3. The first-order valence-corrected chi connectivity index (χ1v) is 9.06. The van der Waals surface area contributed by atoms with Crippen LogP contribution in [0.2, 0.25) is 0 Å². The van der Waals surface area contributed by atoms with E-state index in [1.807, 2.05) is 37.3 Å². The third kappa shape index (κ3) is 6.33. The van der Waals surface area contributed by atoms with Gasteiger partial charge in [0.15, 0.2) is 0 Å². The normalized spacial score (nSPS) is 11.6. The average Bonchev–Trinajstić information content (AvgIpc) is 2.66. The Morgan fingerprint density at radius 3 is 2.54 bits per heavy atom. The van der Waals surface area contributed by atoms with E-state index in [1.165, 1.54) is 0 Å². The summed E-state index contributed by atoms with van der Waals surface area (Å²) in [5.41, 5.74) is 2.18. The molecule has 0 aliphatic carbocycles. The van der Waals surface area contributed by atoms with E-state index in [4.69, 9.17) is 0 Å². The summed E-state index contributed by atoms with van der Waals surface area (Å²) in [5, 5.41) is 8.89. The van der Waals surface area contributed by atoms with Gasteiger partial charge in [-0.15, -0.1) is 0 Å². The zero-order valence-corrected chi connectivity index (χ0v) is 15.4. The Kier molecular flexibility index (Phi) is 7.83. The van der Waals surface area contributed by atoms with Crippen LogP contribution in [-0.2, 0) is 4.79 Å². The van der Waals surface area contributed by atoms with Gasteiger partial charge in [0.2, 0.25) is 5.91 Å². The Bertz CT molecular complexity index is 716. The average molecular weight is 353 g/mol. The number of benzene rings is 2. The van der Waals surface area contributed by atoms with Crippen molar-refractivity contribution in [1.82, 2.24) is 10.6 Å². The Morgan fingerprint density at radius 2 is 1.81 bits per heavy atom. The molecular weight excluding hydrogens is 326 g/mol. The van der Waals surface area contributed by atoms with Crippen molar-refractivity contribution in [2.24, 2.45) is 0 Å². The highest BCUT2D eigenvalue weighted by molar-refractivity contribution is 5.97. The predicted molar refractivity (Wildman–Crippen MR) is 105 cm³/mol. The smallest absolute Gasteiger partial charge is 0.251 e. The van der Waals surface area contributed by atoms with Gasteiger partial charge in [0.25, 0.3) is 5.91 Å². The van der Waals surface area contributed by atoms with E-state index in [0.717, 1.165) is 24.9 Å². The monoisotopic (exact) mass is 353 g/mol. The van der Waals surface area contributed by atoms with Crippen LogP contribution in [-0.4, -0.2) is 24.9 Å². The van der Waals surface area contributed by atoms with Gasteiger partial charge in [0.05, 0.1) is 12.6 Å². The lowest BCUT2D eigenvalue weighted by atomic mass is 10.1. The molecule has 0 saturated heterocycles. The molecule has 0 heterocycles. The van der Waals surface area contributed by atoms with Crippen molar-refractivity contribution in [1.29, 1.82) is 0 Å². The van der Waals surface area contributed by atoms with Gasteiger partial charge in [-0.05, 0) is 43.7 Å². The molecule has 2 amide bonds. The number of rotatable bonds is 9. The lowest BCUT2D eigenvalue weighted by Gasteiger charge is -2.15. The van der Waals surface area contributed by atoms with Gasteiger partial charge in [-0.3, -0.25) is 9.59 Å². The second-order valence-electron chi connectivity index (χ2n) is 6.27. The molecule has 2 rings (SSSR count). The van der Waals surface area contributed by atoms with Gasteiger partial charge in [-0.25, -0.2) is 0 Å². The topological polar surface area (TPSA) is 70.2 Å². The first-order chi connectivity index (χ1) is 12.6. The molecule has 5 nitrogen and oxygen atoms in total. The number of anilines is 1. The summed E-state index contributed by atoms with van der Waals surface area (Å²) in [7, 11) is 0. The summed E-state index contributed by atoms with van der Waals surface area (Å²) >= 11 is 0. The molecule has 0 aliphatic heterocycles. The SMILES string of the molecule is CCCCNCC(=O)Nc1cccc(C(=O)NC(C)c2ccccc2)c1. The lowest BCUT2D eigenvalue weighted by molar-refractivity contribution is -0.115. The van der Waals surface area contributed by atoms with Gasteiger partial charge in [-0.2, -0.15) is 0 Å². The van der Waals surface area contributed by atoms with Crippen molar-refractivity contribution >= 4 is 17.5 Å². The van der Waals surface area contributed by atoms with Crippen LogP contribution in [0.3, 0.4) is 0 Å². The largest absolute Gasteiger partial charge is 0.346 e. The molecule has 26 heavy (non-hydrogen) atoms. The molecule has 2 aromatic carbocycles. The summed E-state index contributed by atoms with van der Waals surface area (Å²) in [4.78, 5) is 24.4. The number of hydrogen-bond acceptors (Lipinski definition) is 3. The van der Waals surface area contributed by atoms with E-state index >= 15 is 0 Å². The zero-order valence-electron chi connectivity index (χ0n) is 15.4. The first-order valence-electron chi connectivity index (χ1n) is 9.06. The molecule has 1 atom stereocenters. The van der Waals surface area contributed by atoms with Crippen molar-refractivity contribution < 1.29 is 9.59 Å². The first kappa shape index (κ1) is 19.7. The molecule has 0 radical (unpaired) electrons. The summed E-state index contributed by atoms with van der Waals surface area (Å²) in [6, 6.07) is 16.7. The van der Waals surface area contributed by atoms with Crippen LogP contribution >= 0.6 is 0 Å². The van der Waals surface area contributed by atoms with Gasteiger partial charge in [-0.1, -0.05) is 49.7 Å². The predicted octanol–water partition coefficient (Wildman–Crippen LogP) is 3.51. The molecule has 5 heteroatoms. The van der Waals surface area contributed by atoms with Crippen molar-refractivity contribution in [3.05, 3.63) is 65.7 Å². The van der Waals surface area contributed by atoms with Crippen LogP contribution in [0, 0.1) is 0 Å². The number of carbonyl (C=O) groups is 2. The fourth-order valence-electron chi connectivity index (χ4n) is 2.55. The Balaban J connectivity index is 1.91. The summed E-state index contributed by atoms with van der Waals surface area (Å²) in [5.74, 6) is -0.283. The van der Waals surface area contributed by atoms with Gasteiger partial charge < -0.3 is 16.0 Å². The maximum atomic E-state index is 12.5. The maximum Gasteiger partial charge on any atom is 0.251 e. The maximum absolute atomic E-state index is 12.5. The van der Waals surface area contributed by atoms with Crippen LogP contribution in [0.1, 0.15) is 48.7 Å². The highest BCUT2D eigenvalue weighted by atomic mass is 16.2. The second-order valence-corrected chi connectivity index (χ2v) is 6.27. The number of unbranched alkanes of at least 4 members (excludes halogenated alkanes) is 1. The quantitative estimate of drug-likeness (QED) is 0.604. The lowest BCUT2D eigenvalue weighted by Crippen LogP contribution is -2.29. The van der Waals surface area contributed by atoms with E-state index in [-0.39, 0.29) is 24.4 Å². The standard InChI is InChI=1S/C21H27N3O2/c1-3-4-13-22-15-20(25)24-19-12-8-11-18(14-19)21(26)23-16(2)17-9-6-5-7-10-17/h5-12,14,16,22H,3-4,13,15H2,1-2H3,(H,23,26)(H,24,25). The Labute approximate surface area is 155 Å². The van der Waals surface area contributed by atoms with Crippen LogP contribution in [0.4, 0.5) is 5.69 Å². The van der Waals surface area contributed by atoms with Crippen LogP contribution in [0.25, 0.3) is 0 Å².